The van der Waals surface area contributed by atoms with E-state index in [2.05, 4.69) is 10.1 Å². The number of hydrogen-bond donors (Lipinski definition) is 0. The molecule has 2 aliphatic rings. The van der Waals surface area contributed by atoms with Crippen LogP contribution < -0.4 is 0 Å². The van der Waals surface area contributed by atoms with E-state index >= 15 is 0 Å². The number of amides is 1. The topological polar surface area (TPSA) is 68.5 Å². The maximum atomic E-state index is 13.0. The van der Waals surface area contributed by atoms with Crippen molar-refractivity contribution in [3.63, 3.8) is 0 Å². The minimum Gasteiger partial charge on any atom is -0.381 e. The van der Waals surface area contributed by atoms with Gasteiger partial charge in [-0.2, -0.15) is 4.98 Å². The Morgan fingerprint density at radius 3 is 2.42 bits per heavy atom. The summed E-state index contributed by atoms with van der Waals surface area (Å²) < 4.78 is 23.9. The van der Waals surface area contributed by atoms with Crippen LogP contribution in [0, 0.1) is 5.82 Å². The Bertz CT molecular complexity index is 748. The van der Waals surface area contributed by atoms with Gasteiger partial charge in [-0.05, 0) is 49.9 Å². The summed E-state index contributed by atoms with van der Waals surface area (Å²) in [5.74, 6) is 1.58. The number of nitrogens with zero attached hydrogens (tertiary/aromatic N) is 3. The summed E-state index contributed by atoms with van der Waals surface area (Å²) in [7, 11) is 0. The third-order valence-corrected chi connectivity index (χ3v) is 5.27. The highest BCUT2D eigenvalue weighted by Gasteiger charge is 2.29. The van der Waals surface area contributed by atoms with Crippen molar-refractivity contribution in [1.82, 2.24) is 15.0 Å². The molecule has 2 fully saturated rings. The van der Waals surface area contributed by atoms with Crippen LogP contribution in [0.5, 0.6) is 0 Å². The first-order chi connectivity index (χ1) is 12.7. The molecule has 2 aliphatic heterocycles. The summed E-state index contributed by atoms with van der Waals surface area (Å²) in [5, 5.41) is 4.17. The number of aromatic nitrogens is 2. The summed E-state index contributed by atoms with van der Waals surface area (Å²) in [6.45, 7) is 2.77. The number of benzene rings is 1. The number of ether oxygens (including phenoxy) is 1. The van der Waals surface area contributed by atoms with Crippen molar-refractivity contribution in [2.75, 3.05) is 26.3 Å². The van der Waals surface area contributed by atoms with Gasteiger partial charge in [0, 0.05) is 43.7 Å². The highest BCUT2D eigenvalue weighted by Crippen LogP contribution is 2.30. The minimum absolute atomic E-state index is 0.0585. The standard InChI is InChI=1S/C19H22FN3O3/c20-16-3-1-15(2-4-16)19(24)23-9-5-14(6-10-23)18-21-17(22-26-18)13-7-11-25-12-8-13/h1-4,13-14H,5-12H2. The van der Waals surface area contributed by atoms with E-state index in [-0.39, 0.29) is 17.6 Å². The molecule has 0 bridgehead atoms. The van der Waals surface area contributed by atoms with Crippen molar-refractivity contribution < 1.29 is 18.4 Å². The molecule has 1 amide bonds. The van der Waals surface area contributed by atoms with Crippen molar-refractivity contribution in [3.05, 3.63) is 47.4 Å². The van der Waals surface area contributed by atoms with Gasteiger partial charge in [-0.1, -0.05) is 5.16 Å². The molecular weight excluding hydrogens is 337 g/mol. The van der Waals surface area contributed by atoms with Gasteiger partial charge in [0.2, 0.25) is 5.89 Å². The number of halogens is 1. The second-order valence-corrected chi connectivity index (χ2v) is 6.95. The predicted molar refractivity (Wildman–Crippen MR) is 91.4 cm³/mol. The molecule has 3 heterocycles. The minimum atomic E-state index is -0.336. The maximum Gasteiger partial charge on any atom is 0.253 e. The monoisotopic (exact) mass is 359 g/mol. The predicted octanol–water partition coefficient (Wildman–Crippen LogP) is 3.12. The molecule has 2 saturated heterocycles. The first-order valence-corrected chi connectivity index (χ1v) is 9.17. The first kappa shape index (κ1) is 17.1. The molecule has 0 radical (unpaired) electrons. The van der Waals surface area contributed by atoms with E-state index in [0.29, 0.717) is 30.5 Å². The molecule has 138 valence electrons. The van der Waals surface area contributed by atoms with E-state index in [1.54, 1.807) is 4.90 Å². The highest BCUT2D eigenvalue weighted by atomic mass is 19.1. The molecule has 0 unspecified atom stereocenters. The average molecular weight is 359 g/mol. The number of piperidine rings is 1. The third kappa shape index (κ3) is 3.62. The van der Waals surface area contributed by atoms with Crippen LogP contribution in [0.25, 0.3) is 0 Å². The van der Waals surface area contributed by atoms with E-state index in [1.165, 1.54) is 24.3 Å². The van der Waals surface area contributed by atoms with E-state index < -0.39 is 0 Å². The lowest BCUT2D eigenvalue weighted by Gasteiger charge is -2.30. The van der Waals surface area contributed by atoms with Gasteiger partial charge in [-0.15, -0.1) is 0 Å². The first-order valence-electron chi connectivity index (χ1n) is 9.17. The van der Waals surface area contributed by atoms with Crippen LogP contribution in [-0.2, 0) is 4.74 Å². The van der Waals surface area contributed by atoms with Gasteiger partial charge in [0.25, 0.3) is 5.91 Å². The van der Waals surface area contributed by atoms with Crippen LogP contribution in [0.3, 0.4) is 0 Å². The Morgan fingerprint density at radius 2 is 1.73 bits per heavy atom. The number of hydrogen-bond acceptors (Lipinski definition) is 5. The van der Waals surface area contributed by atoms with Crippen molar-refractivity contribution >= 4 is 5.91 Å². The lowest BCUT2D eigenvalue weighted by molar-refractivity contribution is 0.0704. The fraction of sp³-hybridized carbons (Fsp3) is 0.526. The smallest absolute Gasteiger partial charge is 0.253 e. The van der Waals surface area contributed by atoms with Crippen LogP contribution >= 0.6 is 0 Å². The van der Waals surface area contributed by atoms with Crippen molar-refractivity contribution in [3.8, 4) is 0 Å². The summed E-state index contributed by atoms with van der Waals surface area (Å²) in [5.41, 5.74) is 0.518. The molecule has 1 aromatic heterocycles. The molecule has 26 heavy (non-hydrogen) atoms. The number of carbonyl (C=O) groups excluding carboxylic acids is 1. The molecule has 6 nitrogen and oxygen atoms in total. The lowest BCUT2D eigenvalue weighted by Crippen LogP contribution is -2.38. The number of likely N-dealkylation sites (tertiary alicyclic amines) is 1. The Morgan fingerprint density at radius 1 is 1.04 bits per heavy atom. The van der Waals surface area contributed by atoms with Gasteiger partial charge < -0.3 is 14.2 Å². The number of rotatable bonds is 3. The Labute approximate surface area is 151 Å². The number of carbonyl (C=O) groups is 1. The van der Waals surface area contributed by atoms with Gasteiger partial charge in [0.1, 0.15) is 5.82 Å². The van der Waals surface area contributed by atoms with Crippen molar-refractivity contribution in [2.45, 2.75) is 37.5 Å². The second kappa shape index (κ2) is 7.53. The summed E-state index contributed by atoms with van der Waals surface area (Å²) in [4.78, 5) is 18.9. The summed E-state index contributed by atoms with van der Waals surface area (Å²) in [6, 6.07) is 5.69. The third-order valence-electron chi connectivity index (χ3n) is 5.27. The second-order valence-electron chi connectivity index (χ2n) is 6.95. The molecule has 0 N–H and O–H groups in total. The maximum absolute atomic E-state index is 13.0. The lowest BCUT2D eigenvalue weighted by atomic mass is 9.95. The molecule has 0 atom stereocenters. The van der Waals surface area contributed by atoms with E-state index in [9.17, 15) is 9.18 Å². The Balaban J connectivity index is 1.35. The van der Waals surface area contributed by atoms with E-state index in [0.717, 1.165) is 44.7 Å². The normalized spacial score (nSPS) is 19.7. The Kier molecular flexibility index (Phi) is 4.97. The van der Waals surface area contributed by atoms with Crippen LogP contribution in [0.4, 0.5) is 4.39 Å². The van der Waals surface area contributed by atoms with Crippen LogP contribution in [-0.4, -0.2) is 47.3 Å². The molecule has 4 rings (SSSR count). The van der Waals surface area contributed by atoms with Crippen LogP contribution in [0.15, 0.2) is 28.8 Å². The van der Waals surface area contributed by atoms with E-state index in [1.807, 2.05) is 0 Å². The van der Waals surface area contributed by atoms with Gasteiger partial charge in [-0.25, -0.2) is 4.39 Å². The molecule has 7 heteroatoms. The van der Waals surface area contributed by atoms with Crippen molar-refractivity contribution in [1.29, 1.82) is 0 Å². The zero-order valence-corrected chi connectivity index (χ0v) is 14.6. The van der Waals surface area contributed by atoms with Gasteiger partial charge in [-0.3, -0.25) is 4.79 Å². The fourth-order valence-corrected chi connectivity index (χ4v) is 3.64. The zero-order valence-electron chi connectivity index (χ0n) is 14.6. The molecule has 2 aromatic rings. The van der Waals surface area contributed by atoms with Gasteiger partial charge in [0.05, 0.1) is 0 Å². The summed E-state index contributed by atoms with van der Waals surface area (Å²) >= 11 is 0. The van der Waals surface area contributed by atoms with Crippen LogP contribution in [0.1, 0.15) is 59.6 Å². The molecule has 1 aromatic carbocycles. The van der Waals surface area contributed by atoms with E-state index in [4.69, 9.17) is 9.26 Å². The fourth-order valence-electron chi connectivity index (χ4n) is 3.64. The molecule has 0 saturated carbocycles. The largest absolute Gasteiger partial charge is 0.381 e. The quantitative estimate of drug-likeness (QED) is 0.842. The molecular formula is C19H22FN3O3. The SMILES string of the molecule is O=C(c1ccc(F)cc1)N1CCC(c2nc(C3CCOCC3)no2)CC1. The highest BCUT2D eigenvalue weighted by molar-refractivity contribution is 5.94. The average Bonchev–Trinajstić information content (AvgIpc) is 3.19. The summed E-state index contributed by atoms with van der Waals surface area (Å²) in [6.07, 6.45) is 3.46. The molecule has 0 aliphatic carbocycles. The van der Waals surface area contributed by atoms with Gasteiger partial charge in [0.15, 0.2) is 5.82 Å². The van der Waals surface area contributed by atoms with Crippen LogP contribution in [0.2, 0.25) is 0 Å². The van der Waals surface area contributed by atoms with Gasteiger partial charge >= 0.3 is 0 Å². The van der Waals surface area contributed by atoms with Crippen molar-refractivity contribution in [2.24, 2.45) is 0 Å². The molecule has 0 spiro atoms. The zero-order chi connectivity index (χ0) is 17.9. The Hall–Kier alpha value is -2.28.